The van der Waals surface area contributed by atoms with E-state index in [9.17, 15) is 9.18 Å². The molecule has 0 spiro atoms. The minimum Gasteiger partial charge on any atom is -0.370 e. The molecular formula is C15H22FN3O. The maximum Gasteiger partial charge on any atom is 0.224 e. The van der Waals surface area contributed by atoms with Gasteiger partial charge in [0.2, 0.25) is 5.91 Å². The van der Waals surface area contributed by atoms with Crippen molar-refractivity contribution >= 4 is 11.6 Å². The monoisotopic (exact) mass is 279 g/mol. The predicted octanol–water partition coefficient (Wildman–Crippen LogP) is 1.81. The molecule has 0 saturated carbocycles. The van der Waals surface area contributed by atoms with E-state index in [-0.39, 0.29) is 23.7 Å². The minimum atomic E-state index is -0.369. The molecule has 3 N–H and O–H groups in total. The van der Waals surface area contributed by atoms with E-state index in [1.54, 1.807) is 20.0 Å². The fourth-order valence-electron chi connectivity index (χ4n) is 2.87. The quantitative estimate of drug-likeness (QED) is 0.887. The summed E-state index contributed by atoms with van der Waals surface area (Å²) in [5.41, 5.74) is 7.24. The number of halogens is 1. The lowest BCUT2D eigenvalue weighted by Gasteiger charge is -2.35. The summed E-state index contributed by atoms with van der Waals surface area (Å²) >= 11 is 0. The Bertz CT molecular complexity index is 490. The van der Waals surface area contributed by atoms with Crippen molar-refractivity contribution in [3.05, 3.63) is 29.6 Å². The molecular weight excluding hydrogens is 257 g/mol. The Labute approximate surface area is 119 Å². The first-order valence-corrected chi connectivity index (χ1v) is 7.05. The Morgan fingerprint density at radius 1 is 1.55 bits per heavy atom. The molecule has 5 heteroatoms. The molecule has 1 heterocycles. The number of carbonyl (C=O) groups excluding carboxylic acids is 1. The van der Waals surface area contributed by atoms with Crippen LogP contribution < -0.4 is 16.0 Å². The van der Waals surface area contributed by atoms with Gasteiger partial charge >= 0.3 is 0 Å². The van der Waals surface area contributed by atoms with Gasteiger partial charge in [0.1, 0.15) is 5.82 Å². The van der Waals surface area contributed by atoms with Crippen molar-refractivity contribution in [2.75, 3.05) is 25.0 Å². The zero-order valence-corrected chi connectivity index (χ0v) is 12.0. The van der Waals surface area contributed by atoms with Gasteiger partial charge in [-0.1, -0.05) is 6.07 Å². The van der Waals surface area contributed by atoms with Crippen LogP contribution in [0.1, 0.15) is 31.4 Å². The Morgan fingerprint density at radius 3 is 2.95 bits per heavy atom. The smallest absolute Gasteiger partial charge is 0.224 e. The zero-order chi connectivity index (χ0) is 14.7. The molecule has 0 aliphatic carbocycles. The number of piperidine rings is 1. The fourth-order valence-corrected chi connectivity index (χ4v) is 2.87. The number of benzene rings is 1. The molecule has 110 valence electrons. The van der Waals surface area contributed by atoms with Crippen LogP contribution in [-0.4, -0.2) is 26.0 Å². The third-order valence-electron chi connectivity index (χ3n) is 3.86. The number of rotatable bonds is 3. The first kappa shape index (κ1) is 14.8. The Balaban J connectivity index is 2.27. The van der Waals surface area contributed by atoms with E-state index in [0.717, 1.165) is 25.1 Å². The van der Waals surface area contributed by atoms with Crippen LogP contribution in [0.5, 0.6) is 0 Å². The van der Waals surface area contributed by atoms with E-state index in [0.29, 0.717) is 12.1 Å². The SMILES string of the molecule is CNC(=O)C1CCCN(c2cccc(F)c2[C@@H](C)N)C1. The molecule has 1 aliphatic rings. The average Bonchev–Trinajstić information content (AvgIpc) is 2.45. The average molecular weight is 279 g/mol. The number of nitrogens with one attached hydrogen (secondary N) is 1. The lowest BCUT2D eigenvalue weighted by Crippen LogP contribution is -2.42. The lowest BCUT2D eigenvalue weighted by molar-refractivity contribution is -0.124. The largest absolute Gasteiger partial charge is 0.370 e. The highest BCUT2D eigenvalue weighted by Gasteiger charge is 2.27. The van der Waals surface area contributed by atoms with Crippen molar-refractivity contribution < 1.29 is 9.18 Å². The van der Waals surface area contributed by atoms with Gasteiger partial charge < -0.3 is 16.0 Å². The normalized spacial score (nSPS) is 20.6. The molecule has 1 aromatic rings. The first-order chi connectivity index (χ1) is 9.54. The summed E-state index contributed by atoms with van der Waals surface area (Å²) in [6.45, 7) is 3.22. The number of hydrogen-bond donors (Lipinski definition) is 2. The van der Waals surface area contributed by atoms with Gasteiger partial charge in [-0.3, -0.25) is 4.79 Å². The molecule has 1 saturated heterocycles. The third-order valence-corrected chi connectivity index (χ3v) is 3.86. The third kappa shape index (κ3) is 2.93. The van der Waals surface area contributed by atoms with E-state index < -0.39 is 0 Å². The molecule has 1 aromatic carbocycles. The lowest BCUT2D eigenvalue weighted by atomic mass is 9.95. The molecule has 0 radical (unpaired) electrons. The van der Waals surface area contributed by atoms with E-state index in [4.69, 9.17) is 5.73 Å². The summed E-state index contributed by atoms with van der Waals surface area (Å²) in [7, 11) is 1.65. The topological polar surface area (TPSA) is 58.4 Å². The van der Waals surface area contributed by atoms with Crippen molar-refractivity contribution in [1.82, 2.24) is 5.32 Å². The molecule has 20 heavy (non-hydrogen) atoms. The second kappa shape index (κ2) is 6.22. The van der Waals surface area contributed by atoms with Gasteiger partial charge in [-0.15, -0.1) is 0 Å². The van der Waals surface area contributed by atoms with Crippen LogP contribution in [0.2, 0.25) is 0 Å². The maximum absolute atomic E-state index is 14.0. The molecule has 1 fully saturated rings. The van der Waals surface area contributed by atoms with Gasteiger partial charge in [-0.25, -0.2) is 4.39 Å². The minimum absolute atomic E-state index is 0.0436. The zero-order valence-electron chi connectivity index (χ0n) is 12.0. The van der Waals surface area contributed by atoms with Gasteiger partial charge in [0, 0.05) is 37.4 Å². The van der Waals surface area contributed by atoms with Crippen LogP contribution in [0.3, 0.4) is 0 Å². The number of amides is 1. The molecule has 1 aliphatic heterocycles. The highest BCUT2D eigenvalue weighted by atomic mass is 19.1. The Kier molecular flexibility index (Phi) is 4.60. The number of hydrogen-bond acceptors (Lipinski definition) is 3. The summed E-state index contributed by atoms with van der Waals surface area (Å²) in [6.07, 6.45) is 1.80. The van der Waals surface area contributed by atoms with Crippen molar-refractivity contribution in [3.63, 3.8) is 0 Å². The van der Waals surface area contributed by atoms with E-state index >= 15 is 0 Å². The van der Waals surface area contributed by atoms with Crippen molar-refractivity contribution in [2.24, 2.45) is 11.7 Å². The first-order valence-electron chi connectivity index (χ1n) is 7.05. The second-order valence-electron chi connectivity index (χ2n) is 5.36. The highest BCUT2D eigenvalue weighted by Crippen LogP contribution is 2.31. The Morgan fingerprint density at radius 2 is 2.30 bits per heavy atom. The summed E-state index contributed by atoms with van der Waals surface area (Å²) in [6, 6.07) is 4.64. The Hall–Kier alpha value is -1.62. The number of carbonyl (C=O) groups is 1. The molecule has 2 atom stereocenters. The second-order valence-corrected chi connectivity index (χ2v) is 5.36. The fraction of sp³-hybridized carbons (Fsp3) is 0.533. The maximum atomic E-state index is 14.0. The van der Waals surface area contributed by atoms with E-state index in [2.05, 4.69) is 10.2 Å². The van der Waals surface area contributed by atoms with Gasteiger partial charge in [0.05, 0.1) is 5.92 Å². The van der Waals surface area contributed by atoms with Crippen LogP contribution >= 0.6 is 0 Å². The summed E-state index contributed by atoms with van der Waals surface area (Å²) in [5.74, 6) is -0.272. The van der Waals surface area contributed by atoms with Gasteiger partial charge in [0.25, 0.3) is 0 Å². The van der Waals surface area contributed by atoms with Crippen LogP contribution in [0, 0.1) is 11.7 Å². The van der Waals surface area contributed by atoms with Crippen LogP contribution in [0.15, 0.2) is 18.2 Å². The predicted molar refractivity (Wildman–Crippen MR) is 78.0 cm³/mol. The van der Waals surface area contributed by atoms with E-state index in [1.165, 1.54) is 6.07 Å². The molecule has 1 amide bonds. The molecule has 0 aromatic heterocycles. The number of nitrogens with two attached hydrogens (primary N) is 1. The highest BCUT2D eigenvalue weighted by molar-refractivity contribution is 5.79. The number of nitrogens with zero attached hydrogens (tertiary/aromatic N) is 1. The molecule has 2 rings (SSSR count). The molecule has 4 nitrogen and oxygen atoms in total. The van der Waals surface area contributed by atoms with Crippen molar-refractivity contribution in [3.8, 4) is 0 Å². The molecule has 0 bridgehead atoms. The van der Waals surface area contributed by atoms with Crippen LogP contribution in [0.25, 0.3) is 0 Å². The summed E-state index contributed by atoms with van der Waals surface area (Å²) in [4.78, 5) is 13.9. The van der Waals surface area contributed by atoms with Crippen LogP contribution in [-0.2, 0) is 4.79 Å². The van der Waals surface area contributed by atoms with Gasteiger partial charge in [0.15, 0.2) is 0 Å². The number of anilines is 1. The molecule has 1 unspecified atom stereocenters. The van der Waals surface area contributed by atoms with Gasteiger partial charge in [-0.05, 0) is 31.9 Å². The standard InChI is InChI=1S/C15H22FN3O/c1-10(17)14-12(16)6-3-7-13(14)19-8-4-5-11(9-19)15(20)18-2/h3,6-7,10-11H,4-5,8-9,17H2,1-2H3,(H,18,20)/t10-,11?/m1/s1. The summed E-state index contributed by atoms with van der Waals surface area (Å²) in [5, 5.41) is 2.69. The van der Waals surface area contributed by atoms with Crippen molar-refractivity contribution in [1.29, 1.82) is 0 Å². The van der Waals surface area contributed by atoms with E-state index in [1.807, 2.05) is 6.07 Å². The van der Waals surface area contributed by atoms with Gasteiger partial charge in [-0.2, -0.15) is 0 Å². The van der Waals surface area contributed by atoms with Crippen LogP contribution in [0.4, 0.5) is 10.1 Å². The summed E-state index contributed by atoms with van der Waals surface area (Å²) < 4.78 is 14.0. The van der Waals surface area contributed by atoms with Crippen molar-refractivity contribution in [2.45, 2.75) is 25.8 Å².